The van der Waals surface area contributed by atoms with Gasteiger partial charge in [0.15, 0.2) is 0 Å². The quantitative estimate of drug-likeness (QED) is 0.167. The molecule has 7 aromatic rings. The maximum Gasteiger partial charge on any atom is 0.0158 e. The first-order valence-electron chi connectivity index (χ1n) is 18.5. The van der Waals surface area contributed by atoms with E-state index in [9.17, 15) is 0 Å². The maximum atomic E-state index is 2.49. The molecule has 0 heterocycles. The fourth-order valence-corrected chi connectivity index (χ4v) is 9.36. The van der Waals surface area contributed by atoms with Gasteiger partial charge < -0.3 is 0 Å². The second-order valence-corrected chi connectivity index (χ2v) is 16.5. The monoisotopic (exact) mass is 646 g/mol. The summed E-state index contributed by atoms with van der Waals surface area (Å²) in [5, 5.41) is 5.32. The zero-order chi connectivity index (χ0) is 34.7. The Kier molecular flexibility index (Phi) is 6.70. The van der Waals surface area contributed by atoms with Crippen LogP contribution in [0.2, 0.25) is 0 Å². The van der Waals surface area contributed by atoms with Gasteiger partial charge in [-0.15, -0.1) is 0 Å². The van der Waals surface area contributed by atoms with Crippen LogP contribution in [0.15, 0.2) is 121 Å². The summed E-state index contributed by atoms with van der Waals surface area (Å²) in [7, 11) is 0. The molecular weight excluding hydrogens is 601 g/mol. The first-order chi connectivity index (χ1) is 24.0. The van der Waals surface area contributed by atoms with Gasteiger partial charge in [-0.1, -0.05) is 165 Å². The van der Waals surface area contributed by atoms with Crippen LogP contribution in [-0.4, -0.2) is 0 Å². The van der Waals surface area contributed by atoms with Crippen LogP contribution in [0.25, 0.3) is 66.1 Å². The van der Waals surface area contributed by atoms with E-state index < -0.39 is 0 Å². The molecule has 0 heteroatoms. The molecule has 0 saturated heterocycles. The molecule has 0 aliphatic heterocycles. The zero-order valence-corrected chi connectivity index (χ0v) is 30.7. The van der Waals surface area contributed by atoms with Gasteiger partial charge in [-0.2, -0.15) is 0 Å². The summed E-state index contributed by atoms with van der Waals surface area (Å²) in [5.74, 6) is 0.863. The van der Waals surface area contributed by atoms with E-state index in [0.717, 1.165) is 0 Å². The Bertz CT molecular complexity index is 2360. The Morgan fingerprint density at radius 1 is 0.360 bits per heavy atom. The van der Waals surface area contributed by atoms with E-state index in [4.69, 9.17) is 0 Å². The molecule has 0 atom stereocenters. The summed E-state index contributed by atoms with van der Waals surface area (Å²) in [6.07, 6.45) is 0. The predicted octanol–water partition coefficient (Wildman–Crippen LogP) is 14.2. The first-order valence-corrected chi connectivity index (χ1v) is 18.5. The highest BCUT2D eigenvalue weighted by molar-refractivity contribution is 6.22. The molecule has 0 nitrogen and oxygen atoms in total. The lowest BCUT2D eigenvalue weighted by molar-refractivity contribution is 0.660. The molecule has 0 radical (unpaired) electrons. The number of hydrogen-bond acceptors (Lipinski definition) is 0. The molecule has 0 aromatic heterocycles. The molecule has 0 N–H and O–H groups in total. The highest BCUT2D eigenvalue weighted by atomic mass is 14.4. The van der Waals surface area contributed by atoms with Crippen LogP contribution < -0.4 is 0 Å². The number of rotatable bonds is 4. The van der Waals surface area contributed by atoms with Gasteiger partial charge in [0.2, 0.25) is 0 Å². The standard InChI is InChI=1S/C50H46/c1-29(2)31-17-21-37-41(25-31)47(33-19-23-45-39(27-33)35-13-9-11-15-43(35)49(45,5)6)38-22-18-32(30(3)4)26-42(38)48(37)34-20-24-46-40(28-34)36-14-10-12-16-44(36)50(46,7)8/h9-30H,1-8H3. The van der Waals surface area contributed by atoms with Crippen LogP contribution in [0, 0.1) is 0 Å². The molecule has 0 fully saturated rings. The van der Waals surface area contributed by atoms with Gasteiger partial charge in [0.25, 0.3) is 0 Å². The van der Waals surface area contributed by atoms with Crippen molar-refractivity contribution in [3.63, 3.8) is 0 Å². The van der Waals surface area contributed by atoms with Crippen molar-refractivity contribution >= 4 is 21.5 Å². The molecular formula is C50H46. The molecule has 0 bridgehead atoms. The van der Waals surface area contributed by atoms with E-state index in [1.54, 1.807) is 0 Å². The van der Waals surface area contributed by atoms with Gasteiger partial charge >= 0.3 is 0 Å². The second-order valence-electron chi connectivity index (χ2n) is 16.5. The van der Waals surface area contributed by atoms with E-state index in [-0.39, 0.29) is 10.8 Å². The molecule has 9 rings (SSSR count). The van der Waals surface area contributed by atoms with Crippen LogP contribution in [-0.2, 0) is 10.8 Å². The average molecular weight is 647 g/mol. The lowest BCUT2D eigenvalue weighted by Crippen LogP contribution is -2.14. The normalized spacial score (nSPS) is 15.1. The molecule has 0 spiro atoms. The van der Waals surface area contributed by atoms with E-state index in [1.165, 1.54) is 99.4 Å². The Balaban J connectivity index is 1.39. The third kappa shape index (κ3) is 4.30. The molecule has 246 valence electrons. The molecule has 0 unspecified atom stereocenters. The zero-order valence-electron chi connectivity index (χ0n) is 30.7. The molecule has 2 aliphatic rings. The average Bonchev–Trinajstić information content (AvgIpc) is 3.49. The van der Waals surface area contributed by atoms with Crippen LogP contribution in [0.4, 0.5) is 0 Å². The SMILES string of the molecule is CC(C)c1ccc2c(-c3ccc4c(c3)-c3ccccc3C4(C)C)c3cc(C(C)C)ccc3c(-c3ccc4c(c3)-c3ccccc3C4(C)C)c2c1. The Labute approximate surface area is 297 Å². The highest BCUT2D eigenvalue weighted by Gasteiger charge is 2.37. The Morgan fingerprint density at radius 3 is 1.14 bits per heavy atom. The van der Waals surface area contributed by atoms with Crippen molar-refractivity contribution in [2.75, 3.05) is 0 Å². The summed E-state index contributed by atoms with van der Waals surface area (Å²) >= 11 is 0. The molecule has 7 aromatic carbocycles. The van der Waals surface area contributed by atoms with Crippen LogP contribution >= 0.6 is 0 Å². The fraction of sp³-hybridized carbons (Fsp3) is 0.240. The van der Waals surface area contributed by atoms with Crippen LogP contribution in [0.5, 0.6) is 0 Å². The smallest absolute Gasteiger partial charge is 0.0158 e. The lowest BCUT2D eigenvalue weighted by atomic mass is 9.80. The minimum atomic E-state index is -0.0177. The first kappa shape index (κ1) is 31.1. The predicted molar refractivity (Wildman–Crippen MR) is 216 cm³/mol. The van der Waals surface area contributed by atoms with Crippen molar-refractivity contribution < 1.29 is 0 Å². The minimum Gasteiger partial charge on any atom is -0.0619 e. The Morgan fingerprint density at radius 2 is 0.740 bits per heavy atom. The number of fused-ring (bicyclic) bond motifs is 8. The summed E-state index contributed by atoms with van der Waals surface area (Å²) in [5.41, 5.74) is 19.1. The van der Waals surface area contributed by atoms with Crippen molar-refractivity contribution in [3.8, 4) is 44.5 Å². The van der Waals surface area contributed by atoms with Crippen molar-refractivity contribution in [1.29, 1.82) is 0 Å². The number of hydrogen-bond donors (Lipinski definition) is 0. The largest absolute Gasteiger partial charge is 0.0619 e. The van der Waals surface area contributed by atoms with Gasteiger partial charge in [-0.3, -0.25) is 0 Å². The summed E-state index contributed by atoms with van der Waals surface area (Å²) < 4.78 is 0. The van der Waals surface area contributed by atoms with Crippen molar-refractivity contribution in [2.24, 2.45) is 0 Å². The van der Waals surface area contributed by atoms with Crippen molar-refractivity contribution in [2.45, 2.75) is 78.1 Å². The molecule has 0 saturated carbocycles. The van der Waals surface area contributed by atoms with Gasteiger partial charge in [0.05, 0.1) is 0 Å². The van der Waals surface area contributed by atoms with Gasteiger partial charge in [-0.25, -0.2) is 0 Å². The van der Waals surface area contributed by atoms with Gasteiger partial charge in [-0.05, 0) is 123 Å². The molecule has 50 heavy (non-hydrogen) atoms. The minimum absolute atomic E-state index is 0.0177. The van der Waals surface area contributed by atoms with E-state index in [0.29, 0.717) is 11.8 Å². The van der Waals surface area contributed by atoms with E-state index in [1.807, 2.05) is 0 Å². The molecule has 0 amide bonds. The van der Waals surface area contributed by atoms with Crippen molar-refractivity contribution in [1.82, 2.24) is 0 Å². The summed E-state index contributed by atoms with van der Waals surface area (Å²) in [4.78, 5) is 0. The van der Waals surface area contributed by atoms with Gasteiger partial charge in [0, 0.05) is 10.8 Å². The summed E-state index contributed by atoms with van der Waals surface area (Å²) in [6.45, 7) is 18.7. The third-order valence-electron chi connectivity index (χ3n) is 12.2. The third-order valence-corrected chi connectivity index (χ3v) is 12.2. The van der Waals surface area contributed by atoms with Crippen LogP contribution in [0.1, 0.15) is 101 Å². The Hall–Kier alpha value is -4.94. The summed E-state index contributed by atoms with van der Waals surface area (Å²) in [6, 6.07) is 47.1. The fourth-order valence-electron chi connectivity index (χ4n) is 9.36. The van der Waals surface area contributed by atoms with Crippen LogP contribution in [0.3, 0.4) is 0 Å². The van der Waals surface area contributed by atoms with Crippen molar-refractivity contribution in [3.05, 3.63) is 155 Å². The maximum absolute atomic E-state index is 2.49. The highest BCUT2D eigenvalue weighted by Crippen LogP contribution is 2.53. The topological polar surface area (TPSA) is 0 Å². The van der Waals surface area contributed by atoms with E-state index in [2.05, 4.69) is 177 Å². The van der Waals surface area contributed by atoms with Gasteiger partial charge in [0.1, 0.15) is 0 Å². The number of benzene rings is 7. The second kappa shape index (κ2) is 10.8. The van der Waals surface area contributed by atoms with E-state index >= 15 is 0 Å². The lowest BCUT2D eigenvalue weighted by Gasteiger charge is -2.23. The molecule has 2 aliphatic carbocycles.